The molecule has 2 aromatic rings. The van der Waals surface area contributed by atoms with Crippen molar-refractivity contribution in [2.45, 2.75) is 6.92 Å². The summed E-state index contributed by atoms with van der Waals surface area (Å²) >= 11 is 6.82. The molecule has 0 bridgehead atoms. The highest BCUT2D eigenvalue weighted by atomic mass is 35.5. The van der Waals surface area contributed by atoms with E-state index in [-0.39, 0.29) is 21.3 Å². The standard InChI is InChI=1S/C13H10ClN3O5S/c1-7-15-5-11(23-7)13(19)22-6-12(18)16-9-3-2-8(14)4-10(9)17(20)21/h2-5H,6H2,1H3,(H,16,18). The quantitative estimate of drug-likeness (QED) is 0.501. The highest BCUT2D eigenvalue weighted by Gasteiger charge is 2.18. The van der Waals surface area contributed by atoms with Gasteiger partial charge in [0.25, 0.3) is 11.6 Å². The highest BCUT2D eigenvalue weighted by molar-refractivity contribution is 7.13. The number of nitro groups is 1. The summed E-state index contributed by atoms with van der Waals surface area (Å²) in [6.45, 7) is 1.16. The lowest BCUT2D eigenvalue weighted by Gasteiger charge is -2.06. The van der Waals surface area contributed by atoms with E-state index in [4.69, 9.17) is 16.3 Å². The first-order valence-corrected chi connectivity index (χ1v) is 7.39. The zero-order valence-corrected chi connectivity index (χ0v) is 13.3. The number of amides is 1. The van der Waals surface area contributed by atoms with E-state index in [1.165, 1.54) is 18.3 Å². The second-order valence-electron chi connectivity index (χ2n) is 4.29. The molecule has 1 N–H and O–H groups in total. The Kier molecular flexibility index (Phi) is 5.24. The number of ether oxygens (including phenoxy) is 1. The predicted octanol–water partition coefficient (Wildman–Crippen LogP) is 2.81. The number of benzene rings is 1. The molecule has 0 aliphatic heterocycles. The molecule has 0 unspecified atom stereocenters. The van der Waals surface area contributed by atoms with Crippen molar-refractivity contribution in [3.63, 3.8) is 0 Å². The number of halogens is 1. The van der Waals surface area contributed by atoms with Crippen molar-refractivity contribution >= 4 is 46.2 Å². The third-order valence-electron chi connectivity index (χ3n) is 2.59. The van der Waals surface area contributed by atoms with E-state index in [9.17, 15) is 19.7 Å². The summed E-state index contributed by atoms with van der Waals surface area (Å²) in [6, 6.07) is 3.81. The van der Waals surface area contributed by atoms with Crippen LogP contribution < -0.4 is 5.32 Å². The molecule has 1 heterocycles. The Hall–Kier alpha value is -2.52. The van der Waals surface area contributed by atoms with Gasteiger partial charge in [0.1, 0.15) is 10.6 Å². The number of aromatic nitrogens is 1. The average Bonchev–Trinajstić information content (AvgIpc) is 2.93. The van der Waals surface area contributed by atoms with Crippen LogP contribution in [0, 0.1) is 17.0 Å². The molecule has 1 aromatic heterocycles. The zero-order chi connectivity index (χ0) is 17.0. The fourth-order valence-electron chi connectivity index (χ4n) is 1.61. The monoisotopic (exact) mass is 355 g/mol. The number of rotatable bonds is 5. The van der Waals surface area contributed by atoms with Crippen LogP contribution in [0.25, 0.3) is 0 Å². The molecule has 0 aliphatic rings. The van der Waals surface area contributed by atoms with Crippen LogP contribution in [0.4, 0.5) is 11.4 Å². The van der Waals surface area contributed by atoms with Crippen molar-refractivity contribution in [2.24, 2.45) is 0 Å². The van der Waals surface area contributed by atoms with Gasteiger partial charge < -0.3 is 10.1 Å². The minimum absolute atomic E-state index is 0.0333. The largest absolute Gasteiger partial charge is 0.451 e. The average molecular weight is 356 g/mol. The maximum atomic E-state index is 11.8. The van der Waals surface area contributed by atoms with Crippen LogP contribution >= 0.6 is 22.9 Å². The first kappa shape index (κ1) is 16.8. The number of nitrogens with one attached hydrogen (secondary N) is 1. The van der Waals surface area contributed by atoms with E-state index >= 15 is 0 Å². The van der Waals surface area contributed by atoms with Gasteiger partial charge >= 0.3 is 5.97 Å². The normalized spacial score (nSPS) is 10.2. The van der Waals surface area contributed by atoms with Crippen molar-refractivity contribution < 1.29 is 19.2 Å². The Morgan fingerprint density at radius 3 is 2.83 bits per heavy atom. The van der Waals surface area contributed by atoms with Gasteiger partial charge in [-0.15, -0.1) is 11.3 Å². The summed E-state index contributed by atoms with van der Waals surface area (Å²) in [6.07, 6.45) is 1.35. The van der Waals surface area contributed by atoms with E-state index in [0.717, 1.165) is 17.4 Å². The molecule has 0 spiro atoms. The van der Waals surface area contributed by atoms with Gasteiger partial charge in [0.2, 0.25) is 0 Å². The van der Waals surface area contributed by atoms with E-state index in [2.05, 4.69) is 10.3 Å². The number of anilines is 1. The second kappa shape index (κ2) is 7.16. The minimum atomic E-state index is -0.704. The smallest absolute Gasteiger partial charge is 0.350 e. The number of carbonyl (C=O) groups excluding carboxylic acids is 2. The summed E-state index contributed by atoms with van der Waals surface area (Å²) in [5.41, 5.74) is -0.385. The summed E-state index contributed by atoms with van der Waals surface area (Å²) < 4.78 is 4.82. The number of esters is 1. The number of carbonyl (C=O) groups is 2. The Bertz CT molecular complexity index is 777. The van der Waals surface area contributed by atoms with Crippen molar-refractivity contribution in [2.75, 3.05) is 11.9 Å². The molecule has 0 atom stereocenters. The van der Waals surface area contributed by atoms with Crippen LogP contribution in [-0.4, -0.2) is 28.4 Å². The van der Waals surface area contributed by atoms with Crippen LogP contribution in [-0.2, 0) is 9.53 Å². The molecular formula is C13H10ClN3O5S. The lowest BCUT2D eigenvalue weighted by molar-refractivity contribution is -0.383. The maximum Gasteiger partial charge on any atom is 0.350 e. The predicted molar refractivity (Wildman–Crippen MR) is 83.9 cm³/mol. The molecule has 2 rings (SSSR count). The molecule has 0 radical (unpaired) electrons. The van der Waals surface area contributed by atoms with Gasteiger partial charge in [-0.2, -0.15) is 0 Å². The Labute approximate surface area is 139 Å². The molecule has 23 heavy (non-hydrogen) atoms. The maximum absolute atomic E-state index is 11.8. The number of nitrogens with zero attached hydrogens (tertiary/aromatic N) is 2. The second-order valence-corrected chi connectivity index (χ2v) is 5.96. The Morgan fingerprint density at radius 1 is 1.48 bits per heavy atom. The zero-order valence-electron chi connectivity index (χ0n) is 11.7. The SMILES string of the molecule is Cc1ncc(C(=O)OCC(=O)Nc2ccc(Cl)cc2[N+](=O)[O-])s1. The van der Waals surface area contributed by atoms with Gasteiger partial charge in [-0.25, -0.2) is 9.78 Å². The molecule has 0 fully saturated rings. The van der Waals surface area contributed by atoms with Crippen molar-refractivity contribution in [1.29, 1.82) is 0 Å². The fraction of sp³-hybridized carbons (Fsp3) is 0.154. The number of aryl methyl sites for hydroxylation is 1. The molecule has 0 saturated heterocycles. The Balaban J connectivity index is 1.97. The third kappa shape index (κ3) is 4.47. The molecule has 1 aromatic carbocycles. The molecule has 1 amide bonds. The first-order chi connectivity index (χ1) is 10.9. The van der Waals surface area contributed by atoms with Crippen molar-refractivity contribution in [3.8, 4) is 0 Å². The van der Waals surface area contributed by atoms with Gasteiger partial charge in [0, 0.05) is 11.1 Å². The van der Waals surface area contributed by atoms with E-state index < -0.39 is 23.4 Å². The van der Waals surface area contributed by atoms with Gasteiger partial charge in [0.15, 0.2) is 6.61 Å². The Morgan fingerprint density at radius 2 is 2.22 bits per heavy atom. The van der Waals surface area contributed by atoms with Gasteiger partial charge in [0.05, 0.1) is 16.1 Å². The van der Waals surface area contributed by atoms with Gasteiger partial charge in [-0.05, 0) is 19.1 Å². The van der Waals surface area contributed by atoms with Crippen LogP contribution in [0.15, 0.2) is 24.4 Å². The molecule has 0 aliphatic carbocycles. The lowest BCUT2D eigenvalue weighted by Crippen LogP contribution is -2.21. The van der Waals surface area contributed by atoms with Crippen molar-refractivity contribution in [1.82, 2.24) is 4.98 Å². The topological polar surface area (TPSA) is 111 Å². The fourth-order valence-corrected chi connectivity index (χ4v) is 2.44. The van der Waals surface area contributed by atoms with Gasteiger partial charge in [-0.3, -0.25) is 14.9 Å². The number of hydrogen-bond donors (Lipinski definition) is 1. The summed E-state index contributed by atoms with van der Waals surface area (Å²) in [4.78, 5) is 37.8. The summed E-state index contributed by atoms with van der Waals surface area (Å²) in [5.74, 6) is -1.39. The number of nitro benzene ring substituents is 1. The summed E-state index contributed by atoms with van der Waals surface area (Å²) in [5, 5.41) is 14.1. The van der Waals surface area contributed by atoms with Crippen LogP contribution in [0.1, 0.15) is 14.7 Å². The number of thiazole rings is 1. The van der Waals surface area contributed by atoms with Crippen LogP contribution in [0.2, 0.25) is 5.02 Å². The van der Waals surface area contributed by atoms with E-state index in [1.54, 1.807) is 6.92 Å². The van der Waals surface area contributed by atoms with Crippen LogP contribution in [0.5, 0.6) is 0 Å². The third-order valence-corrected chi connectivity index (χ3v) is 3.72. The molecule has 8 nitrogen and oxygen atoms in total. The molecule has 10 heteroatoms. The van der Waals surface area contributed by atoms with Crippen LogP contribution in [0.3, 0.4) is 0 Å². The van der Waals surface area contributed by atoms with Crippen molar-refractivity contribution in [3.05, 3.63) is 49.4 Å². The summed E-state index contributed by atoms with van der Waals surface area (Å²) in [7, 11) is 0. The number of hydrogen-bond acceptors (Lipinski definition) is 7. The lowest BCUT2D eigenvalue weighted by atomic mass is 10.2. The molecule has 0 saturated carbocycles. The minimum Gasteiger partial charge on any atom is -0.451 e. The highest BCUT2D eigenvalue weighted by Crippen LogP contribution is 2.27. The molecular weight excluding hydrogens is 346 g/mol. The first-order valence-electron chi connectivity index (χ1n) is 6.20. The van der Waals surface area contributed by atoms with E-state index in [1.807, 2.05) is 0 Å². The molecule has 120 valence electrons. The van der Waals surface area contributed by atoms with Gasteiger partial charge in [-0.1, -0.05) is 11.6 Å². The van der Waals surface area contributed by atoms with E-state index in [0.29, 0.717) is 5.01 Å².